The largest absolute Gasteiger partial charge is 0.462 e. The average Bonchev–Trinajstić information content (AvgIpc) is 2.44. The van der Waals surface area contributed by atoms with Gasteiger partial charge in [0.05, 0.1) is 17.9 Å². The minimum absolute atomic E-state index is 0.0321. The molecule has 0 bridgehead atoms. The van der Waals surface area contributed by atoms with Crippen LogP contribution in [0.25, 0.3) is 0 Å². The van der Waals surface area contributed by atoms with Gasteiger partial charge in [-0.3, -0.25) is 0 Å². The van der Waals surface area contributed by atoms with Crippen molar-refractivity contribution in [2.24, 2.45) is 0 Å². The summed E-state index contributed by atoms with van der Waals surface area (Å²) in [4.78, 5) is 11.7. The molecule has 4 heteroatoms. The molecule has 0 atom stereocenters. The molecule has 1 aromatic carbocycles. The van der Waals surface area contributed by atoms with Gasteiger partial charge in [0.1, 0.15) is 5.82 Å². The Morgan fingerprint density at radius 3 is 2.45 bits per heavy atom. The van der Waals surface area contributed by atoms with Crippen LogP contribution in [0.4, 0.5) is 10.1 Å². The Balaban J connectivity index is 2.15. The van der Waals surface area contributed by atoms with Crippen LogP contribution in [0.5, 0.6) is 0 Å². The van der Waals surface area contributed by atoms with Gasteiger partial charge in [-0.05, 0) is 24.6 Å². The molecule has 0 saturated carbocycles. The number of halogens is 1. The Labute approximate surface area is 120 Å². The molecule has 0 spiro atoms. The van der Waals surface area contributed by atoms with Crippen LogP contribution in [0, 0.1) is 5.82 Å². The highest BCUT2D eigenvalue weighted by atomic mass is 19.1. The van der Waals surface area contributed by atoms with Crippen LogP contribution < -0.4 is 5.73 Å². The second-order valence-electron chi connectivity index (χ2n) is 4.99. The van der Waals surface area contributed by atoms with Gasteiger partial charge < -0.3 is 10.5 Å². The summed E-state index contributed by atoms with van der Waals surface area (Å²) in [6, 6.07) is 3.88. The molecule has 0 aliphatic heterocycles. The predicted molar refractivity (Wildman–Crippen MR) is 79.1 cm³/mol. The summed E-state index contributed by atoms with van der Waals surface area (Å²) in [5, 5.41) is 0. The molecule has 0 aromatic heterocycles. The molecule has 20 heavy (non-hydrogen) atoms. The van der Waals surface area contributed by atoms with Crippen molar-refractivity contribution in [2.45, 2.75) is 51.9 Å². The number of nitrogens with two attached hydrogens (primary N) is 1. The summed E-state index contributed by atoms with van der Waals surface area (Å²) in [6.45, 7) is 2.60. The van der Waals surface area contributed by atoms with Gasteiger partial charge in [-0.1, -0.05) is 45.4 Å². The summed E-state index contributed by atoms with van der Waals surface area (Å²) in [6.07, 6.45) is 8.19. The molecule has 2 N–H and O–H groups in total. The van der Waals surface area contributed by atoms with Crippen LogP contribution >= 0.6 is 0 Å². The molecule has 112 valence electrons. The number of nitrogen functional groups attached to an aromatic ring is 1. The highest BCUT2D eigenvalue weighted by Gasteiger charge is 2.09. The van der Waals surface area contributed by atoms with E-state index in [-0.39, 0.29) is 5.69 Å². The molecule has 0 fully saturated rings. The Kier molecular flexibility index (Phi) is 7.70. The smallest absolute Gasteiger partial charge is 0.338 e. The number of benzene rings is 1. The fourth-order valence-electron chi connectivity index (χ4n) is 1.98. The fraction of sp³-hybridized carbons (Fsp3) is 0.562. The zero-order valence-corrected chi connectivity index (χ0v) is 12.2. The van der Waals surface area contributed by atoms with Gasteiger partial charge in [-0.25, -0.2) is 9.18 Å². The van der Waals surface area contributed by atoms with Gasteiger partial charge >= 0.3 is 5.97 Å². The van der Waals surface area contributed by atoms with E-state index in [0.717, 1.165) is 12.8 Å². The highest BCUT2D eigenvalue weighted by Crippen LogP contribution is 2.13. The van der Waals surface area contributed by atoms with Crippen molar-refractivity contribution in [2.75, 3.05) is 12.3 Å². The molecular weight excluding hydrogens is 257 g/mol. The first-order valence-corrected chi connectivity index (χ1v) is 7.37. The molecule has 3 nitrogen and oxygen atoms in total. The van der Waals surface area contributed by atoms with Gasteiger partial charge in [-0.2, -0.15) is 0 Å². The summed E-state index contributed by atoms with van der Waals surface area (Å²) in [5.41, 5.74) is 5.68. The van der Waals surface area contributed by atoms with Crippen molar-refractivity contribution in [1.29, 1.82) is 0 Å². The lowest BCUT2D eigenvalue weighted by Crippen LogP contribution is -2.07. The lowest BCUT2D eigenvalue weighted by molar-refractivity contribution is 0.0497. The van der Waals surface area contributed by atoms with E-state index in [0.29, 0.717) is 12.2 Å². The third-order valence-electron chi connectivity index (χ3n) is 3.21. The average molecular weight is 281 g/mol. The number of anilines is 1. The Morgan fingerprint density at radius 2 is 1.80 bits per heavy atom. The van der Waals surface area contributed by atoms with E-state index in [1.54, 1.807) is 0 Å². The van der Waals surface area contributed by atoms with Gasteiger partial charge in [-0.15, -0.1) is 0 Å². The van der Waals surface area contributed by atoms with Gasteiger partial charge in [0, 0.05) is 0 Å². The SMILES string of the molecule is CCCCCCCCCOC(=O)c1ccc(F)c(N)c1. The van der Waals surface area contributed by atoms with Gasteiger partial charge in [0.2, 0.25) is 0 Å². The summed E-state index contributed by atoms with van der Waals surface area (Å²) in [5.74, 6) is -0.962. The van der Waals surface area contributed by atoms with Crippen molar-refractivity contribution in [3.05, 3.63) is 29.6 Å². The first-order chi connectivity index (χ1) is 9.65. The number of hydrogen-bond acceptors (Lipinski definition) is 3. The van der Waals surface area contributed by atoms with E-state index in [4.69, 9.17) is 10.5 Å². The lowest BCUT2D eigenvalue weighted by Gasteiger charge is -2.06. The molecule has 0 aliphatic carbocycles. The second-order valence-corrected chi connectivity index (χ2v) is 4.99. The summed E-state index contributed by atoms with van der Waals surface area (Å²) < 4.78 is 18.1. The molecule has 0 saturated heterocycles. The quantitative estimate of drug-likeness (QED) is 0.417. The predicted octanol–water partition coefficient (Wildman–Crippen LogP) is 4.32. The van der Waals surface area contributed by atoms with E-state index in [2.05, 4.69) is 6.92 Å². The van der Waals surface area contributed by atoms with Crippen molar-refractivity contribution in [3.63, 3.8) is 0 Å². The molecule has 0 radical (unpaired) electrons. The van der Waals surface area contributed by atoms with Crippen LogP contribution in [0.15, 0.2) is 18.2 Å². The number of esters is 1. The van der Waals surface area contributed by atoms with Crippen LogP contribution in [0.1, 0.15) is 62.2 Å². The van der Waals surface area contributed by atoms with Crippen molar-refractivity contribution < 1.29 is 13.9 Å². The van der Waals surface area contributed by atoms with Crippen LogP contribution in [0.2, 0.25) is 0 Å². The van der Waals surface area contributed by atoms with Crippen molar-refractivity contribution in [1.82, 2.24) is 0 Å². The number of hydrogen-bond donors (Lipinski definition) is 1. The Morgan fingerprint density at radius 1 is 1.15 bits per heavy atom. The number of rotatable bonds is 9. The highest BCUT2D eigenvalue weighted by molar-refractivity contribution is 5.90. The molecule has 0 amide bonds. The van der Waals surface area contributed by atoms with Crippen LogP contribution in [-0.2, 0) is 4.74 Å². The normalized spacial score (nSPS) is 10.5. The number of carbonyl (C=O) groups is 1. The standard InChI is InChI=1S/C16H24FNO2/c1-2-3-4-5-6-7-8-11-20-16(19)13-9-10-14(17)15(18)12-13/h9-10,12H,2-8,11,18H2,1H3. The van der Waals surface area contributed by atoms with E-state index in [1.807, 2.05) is 0 Å². The lowest BCUT2D eigenvalue weighted by atomic mass is 10.1. The minimum Gasteiger partial charge on any atom is -0.462 e. The third kappa shape index (κ3) is 6.04. The first-order valence-electron chi connectivity index (χ1n) is 7.37. The summed E-state index contributed by atoms with van der Waals surface area (Å²) >= 11 is 0. The zero-order chi connectivity index (χ0) is 14.8. The number of ether oxygens (including phenoxy) is 1. The Hall–Kier alpha value is -1.58. The van der Waals surface area contributed by atoms with E-state index in [9.17, 15) is 9.18 Å². The molecule has 1 aromatic rings. The molecule has 1 rings (SSSR count). The first kappa shape index (κ1) is 16.5. The molecule has 0 heterocycles. The van der Waals surface area contributed by atoms with Gasteiger partial charge in [0.15, 0.2) is 0 Å². The molecule has 0 unspecified atom stereocenters. The summed E-state index contributed by atoms with van der Waals surface area (Å²) in [7, 11) is 0. The maximum absolute atomic E-state index is 13.0. The number of carbonyl (C=O) groups excluding carboxylic acids is 1. The number of unbranched alkanes of at least 4 members (excludes halogenated alkanes) is 6. The minimum atomic E-state index is -0.520. The molecular formula is C16H24FNO2. The maximum Gasteiger partial charge on any atom is 0.338 e. The van der Waals surface area contributed by atoms with E-state index < -0.39 is 11.8 Å². The van der Waals surface area contributed by atoms with Crippen molar-refractivity contribution >= 4 is 11.7 Å². The Bertz CT molecular complexity index is 421. The monoisotopic (exact) mass is 281 g/mol. The fourth-order valence-corrected chi connectivity index (χ4v) is 1.98. The van der Waals surface area contributed by atoms with E-state index in [1.165, 1.54) is 50.3 Å². The van der Waals surface area contributed by atoms with Crippen molar-refractivity contribution in [3.8, 4) is 0 Å². The maximum atomic E-state index is 13.0. The van der Waals surface area contributed by atoms with E-state index >= 15 is 0 Å². The van der Waals surface area contributed by atoms with Crippen LogP contribution in [-0.4, -0.2) is 12.6 Å². The second kappa shape index (κ2) is 9.34. The molecule has 0 aliphatic rings. The van der Waals surface area contributed by atoms with Gasteiger partial charge in [0.25, 0.3) is 0 Å². The zero-order valence-electron chi connectivity index (χ0n) is 12.2. The third-order valence-corrected chi connectivity index (χ3v) is 3.21. The topological polar surface area (TPSA) is 52.3 Å². The van der Waals surface area contributed by atoms with Crippen LogP contribution in [0.3, 0.4) is 0 Å².